The molecule has 0 rings (SSSR count). The fourth-order valence-electron chi connectivity index (χ4n) is 4.24. The zero-order valence-electron chi connectivity index (χ0n) is 24.5. The third kappa shape index (κ3) is 17.8. The largest absolute Gasteiger partial charge is 0.481 e. The summed E-state index contributed by atoms with van der Waals surface area (Å²) in [7, 11) is 1.27. The van der Waals surface area contributed by atoms with Crippen molar-refractivity contribution < 1.29 is 39.3 Å². The summed E-state index contributed by atoms with van der Waals surface area (Å²) in [5.74, 6) is -4.42. The van der Waals surface area contributed by atoms with Gasteiger partial charge in [-0.25, -0.2) is 0 Å². The number of carbonyl (C=O) groups excluding carboxylic acids is 4. The molecule has 0 bridgehead atoms. The van der Waals surface area contributed by atoms with E-state index in [2.05, 4.69) is 28.2 Å². The van der Waals surface area contributed by atoms with Crippen LogP contribution < -0.4 is 21.3 Å². The normalized spacial score (nSPS) is 13.9. The average Bonchev–Trinajstić information content (AvgIpc) is 2.91. The molecule has 0 aliphatic rings. The standard InChI is InChI=1S/C28H52N4O8/c1-4-5-6-7-8-9-10-11-12-13-14-15-16-17-23(35)30-22(19-33)27(39)32-25(20(2)34)28(40)31-21(18-24(36)37)26(38)29-3/h20-22,25,33-34H,4-19H2,1-3H3,(H,29,38)(H,30,35)(H,31,40)(H,32,39)(H,36,37)/t20-,21+,22+,25+/m1/s1. The zero-order chi connectivity index (χ0) is 30.3. The molecule has 0 aliphatic carbocycles. The first-order valence-corrected chi connectivity index (χ1v) is 14.7. The topological polar surface area (TPSA) is 194 Å². The van der Waals surface area contributed by atoms with Crippen LogP contribution in [0.1, 0.15) is 110 Å². The van der Waals surface area contributed by atoms with Crippen LogP contribution in [0, 0.1) is 0 Å². The minimum absolute atomic E-state index is 0.185. The predicted octanol–water partition coefficient (Wildman–Crippen LogP) is 1.52. The number of carboxylic acids is 1. The van der Waals surface area contributed by atoms with Crippen molar-refractivity contribution >= 4 is 29.6 Å². The lowest BCUT2D eigenvalue weighted by molar-refractivity contribution is -0.141. The molecular formula is C28H52N4O8. The third-order valence-electron chi connectivity index (χ3n) is 6.66. The number of aliphatic carboxylic acids is 1. The molecule has 0 fully saturated rings. The Balaban J connectivity index is 4.44. The van der Waals surface area contributed by atoms with Crippen molar-refractivity contribution in [2.24, 2.45) is 0 Å². The summed E-state index contributed by atoms with van der Waals surface area (Å²) in [5.41, 5.74) is 0. The number of aliphatic hydroxyl groups is 2. The second-order valence-corrected chi connectivity index (χ2v) is 10.3. The second kappa shape index (κ2) is 23.0. The van der Waals surface area contributed by atoms with Crippen LogP contribution in [0.3, 0.4) is 0 Å². The molecule has 0 unspecified atom stereocenters. The van der Waals surface area contributed by atoms with E-state index in [0.29, 0.717) is 6.42 Å². The predicted molar refractivity (Wildman–Crippen MR) is 151 cm³/mol. The van der Waals surface area contributed by atoms with Gasteiger partial charge in [-0.05, 0) is 13.3 Å². The Kier molecular flexibility index (Phi) is 21.5. The van der Waals surface area contributed by atoms with Gasteiger partial charge >= 0.3 is 5.97 Å². The van der Waals surface area contributed by atoms with E-state index in [4.69, 9.17) is 5.11 Å². The Morgan fingerprint density at radius 1 is 0.675 bits per heavy atom. The van der Waals surface area contributed by atoms with Gasteiger partial charge in [0.15, 0.2) is 0 Å². The molecule has 4 amide bonds. The van der Waals surface area contributed by atoms with Gasteiger partial charge in [-0.15, -0.1) is 0 Å². The number of likely N-dealkylation sites (N-methyl/N-ethyl adjacent to an activating group) is 1. The molecule has 0 aromatic carbocycles. The number of unbranched alkanes of at least 4 members (excludes halogenated alkanes) is 12. The molecule has 0 aromatic rings. The van der Waals surface area contributed by atoms with E-state index in [-0.39, 0.29) is 6.42 Å². The van der Waals surface area contributed by atoms with Gasteiger partial charge in [-0.1, -0.05) is 84.0 Å². The Hall–Kier alpha value is -2.73. The monoisotopic (exact) mass is 572 g/mol. The number of hydrogen-bond donors (Lipinski definition) is 7. The van der Waals surface area contributed by atoms with E-state index >= 15 is 0 Å². The van der Waals surface area contributed by atoms with Crippen molar-refractivity contribution in [2.75, 3.05) is 13.7 Å². The molecule has 40 heavy (non-hydrogen) atoms. The van der Waals surface area contributed by atoms with Crippen LogP contribution >= 0.6 is 0 Å². The number of carboxylic acid groups (broad SMARTS) is 1. The first-order valence-electron chi connectivity index (χ1n) is 14.7. The van der Waals surface area contributed by atoms with Crippen LogP contribution in [-0.2, 0) is 24.0 Å². The van der Waals surface area contributed by atoms with E-state index < -0.39 is 66.9 Å². The van der Waals surface area contributed by atoms with Crippen LogP contribution in [0.2, 0.25) is 0 Å². The van der Waals surface area contributed by atoms with Gasteiger partial charge in [0.25, 0.3) is 0 Å². The number of hydrogen-bond acceptors (Lipinski definition) is 7. The Labute approximate surface area is 238 Å². The fourth-order valence-corrected chi connectivity index (χ4v) is 4.24. The quantitative estimate of drug-likeness (QED) is 0.0846. The van der Waals surface area contributed by atoms with E-state index in [1.165, 1.54) is 71.8 Å². The minimum Gasteiger partial charge on any atom is -0.481 e. The lowest BCUT2D eigenvalue weighted by atomic mass is 10.0. The lowest BCUT2D eigenvalue weighted by Crippen LogP contribution is -2.60. The highest BCUT2D eigenvalue weighted by atomic mass is 16.4. The average molecular weight is 573 g/mol. The van der Waals surface area contributed by atoms with Crippen molar-refractivity contribution in [3.05, 3.63) is 0 Å². The molecule has 232 valence electrons. The van der Waals surface area contributed by atoms with Crippen LogP contribution in [0.4, 0.5) is 0 Å². The molecule has 0 aromatic heterocycles. The maximum atomic E-state index is 12.6. The number of aliphatic hydroxyl groups excluding tert-OH is 2. The SMILES string of the molecule is CCCCCCCCCCCCCCCC(=O)N[C@@H](CO)C(=O)N[C@H](C(=O)N[C@@H](CC(=O)O)C(=O)NC)[C@@H](C)O. The Bertz CT molecular complexity index is 763. The van der Waals surface area contributed by atoms with E-state index in [9.17, 15) is 34.2 Å². The molecule has 12 heteroatoms. The van der Waals surface area contributed by atoms with E-state index in [0.717, 1.165) is 19.3 Å². The van der Waals surface area contributed by atoms with Crippen molar-refractivity contribution in [2.45, 2.75) is 134 Å². The highest BCUT2D eigenvalue weighted by Gasteiger charge is 2.32. The number of amides is 4. The van der Waals surface area contributed by atoms with Crippen LogP contribution in [0.15, 0.2) is 0 Å². The van der Waals surface area contributed by atoms with Crippen molar-refractivity contribution in [3.63, 3.8) is 0 Å². The molecule has 12 nitrogen and oxygen atoms in total. The summed E-state index contributed by atoms with van der Waals surface area (Å²) in [6.45, 7) is 2.71. The molecule has 0 radical (unpaired) electrons. The van der Waals surface area contributed by atoms with Gasteiger partial charge in [0.1, 0.15) is 18.1 Å². The van der Waals surface area contributed by atoms with Gasteiger partial charge in [-0.2, -0.15) is 0 Å². The maximum absolute atomic E-state index is 12.6. The summed E-state index contributed by atoms with van der Waals surface area (Å²) in [6, 6.07) is -4.33. The number of carbonyl (C=O) groups is 5. The lowest BCUT2D eigenvalue weighted by Gasteiger charge is -2.25. The Morgan fingerprint density at radius 2 is 1.18 bits per heavy atom. The third-order valence-corrected chi connectivity index (χ3v) is 6.66. The molecule has 7 N–H and O–H groups in total. The van der Waals surface area contributed by atoms with Crippen molar-refractivity contribution in [1.29, 1.82) is 0 Å². The first-order chi connectivity index (χ1) is 19.1. The summed E-state index contributed by atoms with van der Waals surface area (Å²) < 4.78 is 0. The van der Waals surface area contributed by atoms with Crippen molar-refractivity contribution in [1.82, 2.24) is 21.3 Å². The Morgan fingerprint density at radius 3 is 1.60 bits per heavy atom. The van der Waals surface area contributed by atoms with Crippen LogP contribution in [0.5, 0.6) is 0 Å². The van der Waals surface area contributed by atoms with E-state index in [1.54, 1.807) is 0 Å². The summed E-state index contributed by atoms with van der Waals surface area (Å²) in [6.07, 6.45) is 13.3. The fraction of sp³-hybridized carbons (Fsp3) is 0.821. The number of rotatable bonds is 24. The van der Waals surface area contributed by atoms with Gasteiger partial charge in [0.2, 0.25) is 23.6 Å². The van der Waals surface area contributed by atoms with E-state index in [1.807, 2.05) is 0 Å². The summed E-state index contributed by atoms with van der Waals surface area (Å²) in [5, 5.41) is 37.7. The zero-order valence-corrected chi connectivity index (χ0v) is 24.5. The highest BCUT2D eigenvalue weighted by Crippen LogP contribution is 2.13. The highest BCUT2D eigenvalue weighted by molar-refractivity contribution is 5.95. The molecule has 0 aliphatic heterocycles. The summed E-state index contributed by atoms with van der Waals surface area (Å²) in [4.78, 5) is 60.4. The van der Waals surface area contributed by atoms with Gasteiger partial charge in [-0.3, -0.25) is 24.0 Å². The molecule has 0 spiro atoms. The molecule has 4 atom stereocenters. The molecular weight excluding hydrogens is 520 g/mol. The van der Waals surface area contributed by atoms with Gasteiger partial charge < -0.3 is 36.6 Å². The second-order valence-electron chi connectivity index (χ2n) is 10.3. The smallest absolute Gasteiger partial charge is 0.305 e. The summed E-state index contributed by atoms with van der Waals surface area (Å²) >= 11 is 0. The van der Waals surface area contributed by atoms with Gasteiger partial charge in [0, 0.05) is 13.5 Å². The maximum Gasteiger partial charge on any atom is 0.305 e. The van der Waals surface area contributed by atoms with Crippen LogP contribution in [0.25, 0.3) is 0 Å². The molecule has 0 saturated heterocycles. The van der Waals surface area contributed by atoms with Gasteiger partial charge in [0.05, 0.1) is 19.1 Å². The molecule has 0 saturated carbocycles. The molecule has 0 heterocycles. The van der Waals surface area contributed by atoms with Crippen LogP contribution in [-0.4, -0.2) is 82.8 Å². The van der Waals surface area contributed by atoms with Crippen molar-refractivity contribution in [3.8, 4) is 0 Å². The first kappa shape index (κ1) is 37.3. The number of nitrogens with one attached hydrogen (secondary N) is 4. The minimum atomic E-state index is -1.56.